The van der Waals surface area contributed by atoms with Crippen LogP contribution in [0.25, 0.3) is 0 Å². The summed E-state index contributed by atoms with van der Waals surface area (Å²) >= 11 is 0. The molecular formula is C8H19NO. The van der Waals surface area contributed by atoms with Crippen molar-refractivity contribution >= 4 is 0 Å². The molecule has 0 heterocycles. The van der Waals surface area contributed by atoms with Crippen LogP contribution in [0.5, 0.6) is 0 Å². The smallest absolute Gasteiger partial charge is 0.0745 e. The fourth-order valence-corrected chi connectivity index (χ4v) is 1.30. The van der Waals surface area contributed by atoms with E-state index in [-0.39, 0.29) is 0 Å². The molecule has 62 valence electrons. The van der Waals surface area contributed by atoms with E-state index in [1.165, 1.54) is 0 Å². The third-order valence-corrected chi connectivity index (χ3v) is 1.45. The molecule has 1 atom stereocenters. The molecule has 0 aromatic rings. The van der Waals surface area contributed by atoms with Crippen molar-refractivity contribution < 1.29 is 5.11 Å². The van der Waals surface area contributed by atoms with Gasteiger partial charge in [-0.3, -0.25) is 0 Å². The summed E-state index contributed by atoms with van der Waals surface area (Å²) in [6, 6.07) is 0. The highest BCUT2D eigenvalue weighted by molar-refractivity contribution is 4.73. The van der Waals surface area contributed by atoms with Gasteiger partial charge in [0, 0.05) is 6.54 Å². The quantitative estimate of drug-likeness (QED) is 0.640. The highest BCUT2D eigenvalue weighted by Gasteiger charge is 2.19. The SMILES string of the molecule is CCCC(C)(O)CN(C)C. The summed E-state index contributed by atoms with van der Waals surface area (Å²) in [5.41, 5.74) is -0.502. The van der Waals surface area contributed by atoms with Crippen LogP contribution in [0, 0.1) is 0 Å². The molecule has 0 aliphatic rings. The van der Waals surface area contributed by atoms with E-state index in [2.05, 4.69) is 6.92 Å². The van der Waals surface area contributed by atoms with E-state index in [0.717, 1.165) is 19.4 Å². The number of likely N-dealkylation sites (N-methyl/N-ethyl adjacent to an activating group) is 1. The Labute approximate surface area is 63.8 Å². The summed E-state index contributed by atoms with van der Waals surface area (Å²) in [6.45, 7) is 4.72. The average molecular weight is 145 g/mol. The van der Waals surface area contributed by atoms with E-state index in [4.69, 9.17) is 0 Å². The summed E-state index contributed by atoms with van der Waals surface area (Å²) in [5.74, 6) is 0. The van der Waals surface area contributed by atoms with Crippen molar-refractivity contribution in [2.24, 2.45) is 0 Å². The Morgan fingerprint density at radius 2 is 1.90 bits per heavy atom. The molecule has 1 unspecified atom stereocenters. The Bertz CT molecular complexity index is 89.3. The molecule has 0 aromatic carbocycles. The molecule has 0 amide bonds. The van der Waals surface area contributed by atoms with Crippen molar-refractivity contribution in [3.63, 3.8) is 0 Å². The monoisotopic (exact) mass is 145 g/mol. The van der Waals surface area contributed by atoms with Crippen molar-refractivity contribution in [2.75, 3.05) is 20.6 Å². The van der Waals surface area contributed by atoms with E-state index in [9.17, 15) is 5.11 Å². The average Bonchev–Trinajstić information content (AvgIpc) is 1.59. The molecule has 2 nitrogen and oxygen atoms in total. The van der Waals surface area contributed by atoms with Crippen LogP contribution in [0.4, 0.5) is 0 Å². The molecular weight excluding hydrogens is 126 g/mol. The Morgan fingerprint density at radius 3 is 2.20 bits per heavy atom. The molecule has 0 aromatic heterocycles. The topological polar surface area (TPSA) is 23.5 Å². The predicted octanol–water partition coefficient (Wildman–Crippen LogP) is 1.10. The standard InChI is InChI=1S/C8H19NO/c1-5-6-8(2,10)7-9(3)4/h10H,5-7H2,1-4H3. The number of aliphatic hydroxyl groups is 1. The maximum Gasteiger partial charge on any atom is 0.0745 e. The third-order valence-electron chi connectivity index (χ3n) is 1.45. The molecule has 0 aliphatic heterocycles. The molecule has 0 radical (unpaired) electrons. The van der Waals surface area contributed by atoms with Gasteiger partial charge in [-0.25, -0.2) is 0 Å². The lowest BCUT2D eigenvalue weighted by atomic mass is 10.0. The molecule has 0 saturated carbocycles. The lowest BCUT2D eigenvalue weighted by Gasteiger charge is -2.26. The zero-order valence-corrected chi connectivity index (χ0v) is 7.52. The minimum atomic E-state index is -0.502. The fraction of sp³-hybridized carbons (Fsp3) is 1.00. The van der Waals surface area contributed by atoms with Gasteiger partial charge >= 0.3 is 0 Å². The zero-order chi connectivity index (χ0) is 8.20. The Kier molecular flexibility index (Phi) is 3.91. The van der Waals surface area contributed by atoms with Crippen molar-refractivity contribution in [3.05, 3.63) is 0 Å². The largest absolute Gasteiger partial charge is 0.389 e. The summed E-state index contributed by atoms with van der Waals surface area (Å²) in [7, 11) is 3.95. The minimum absolute atomic E-state index is 0.502. The minimum Gasteiger partial charge on any atom is -0.389 e. The summed E-state index contributed by atoms with van der Waals surface area (Å²) < 4.78 is 0. The van der Waals surface area contributed by atoms with Crippen LogP contribution >= 0.6 is 0 Å². The normalized spacial score (nSPS) is 17.4. The first-order valence-electron chi connectivity index (χ1n) is 3.85. The van der Waals surface area contributed by atoms with Crippen molar-refractivity contribution in [1.29, 1.82) is 0 Å². The molecule has 0 aliphatic carbocycles. The first-order valence-corrected chi connectivity index (χ1v) is 3.85. The van der Waals surface area contributed by atoms with Crippen molar-refractivity contribution in [1.82, 2.24) is 4.90 Å². The van der Waals surface area contributed by atoms with Gasteiger partial charge in [-0.15, -0.1) is 0 Å². The molecule has 0 bridgehead atoms. The van der Waals surface area contributed by atoms with Gasteiger partial charge in [0.15, 0.2) is 0 Å². The maximum atomic E-state index is 9.64. The molecule has 0 fully saturated rings. The molecule has 0 saturated heterocycles. The van der Waals surface area contributed by atoms with Gasteiger partial charge in [0.25, 0.3) is 0 Å². The molecule has 2 heteroatoms. The Balaban J connectivity index is 3.63. The van der Waals surface area contributed by atoms with Gasteiger partial charge < -0.3 is 10.0 Å². The second kappa shape index (κ2) is 3.94. The lowest BCUT2D eigenvalue weighted by Crippen LogP contribution is -2.36. The van der Waals surface area contributed by atoms with Crippen LogP contribution in [0.2, 0.25) is 0 Å². The van der Waals surface area contributed by atoms with Crippen LogP contribution in [0.3, 0.4) is 0 Å². The van der Waals surface area contributed by atoms with Crippen LogP contribution in [0.15, 0.2) is 0 Å². The van der Waals surface area contributed by atoms with Gasteiger partial charge in [0.1, 0.15) is 0 Å². The fourth-order valence-electron chi connectivity index (χ4n) is 1.30. The molecule has 0 spiro atoms. The van der Waals surface area contributed by atoms with Gasteiger partial charge in [-0.2, -0.15) is 0 Å². The summed E-state index contributed by atoms with van der Waals surface area (Å²) in [6.07, 6.45) is 1.92. The lowest BCUT2D eigenvalue weighted by molar-refractivity contribution is 0.0250. The van der Waals surface area contributed by atoms with E-state index < -0.39 is 5.60 Å². The van der Waals surface area contributed by atoms with Crippen molar-refractivity contribution in [2.45, 2.75) is 32.3 Å². The van der Waals surface area contributed by atoms with Gasteiger partial charge in [0.05, 0.1) is 5.60 Å². The van der Waals surface area contributed by atoms with Gasteiger partial charge in [-0.05, 0) is 27.4 Å². The Hall–Kier alpha value is -0.0800. The van der Waals surface area contributed by atoms with Crippen LogP contribution in [-0.4, -0.2) is 36.2 Å². The summed E-state index contributed by atoms with van der Waals surface area (Å²) in [5, 5.41) is 9.64. The second-order valence-electron chi connectivity index (χ2n) is 3.48. The second-order valence-corrected chi connectivity index (χ2v) is 3.48. The van der Waals surface area contributed by atoms with Crippen LogP contribution < -0.4 is 0 Å². The van der Waals surface area contributed by atoms with E-state index in [0.29, 0.717) is 0 Å². The van der Waals surface area contributed by atoms with E-state index >= 15 is 0 Å². The van der Waals surface area contributed by atoms with Crippen molar-refractivity contribution in [3.8, 4) is 0 Å². The maximum absolute atomic E-state index is 9.64. The molecule has 10 heavy (non-hydrogen) atoms. The van der Waals surface area contributed by atoms with E-state index in [1.54, 1.807) is 0 Å². The molecule has 0 rings (SSSR count). The third kappa shape index (κ3) is 4.77. The Morgan fingerprint density at radius 1 is 1.40 bits per heavy atom. The molecule has 1 N–H and O–H groups in total. The number of hydrogen-bond donors (Lipinski definition) is 1. The first kappa shape index (κ1) is 9.92. The summed E-state index contributed by atoms with van der Waals surface area (Å²) in [4.78, 5) is 2.01. The number of nitrogens with zero attached hydrogens (tertiary/aromatic N) is 1. The highest BCUT2D eigenvalue weighted by Crippen LogP contribution is 2.11. The predicted molar refractivity (Wildman–Crippen MR) is 44.1 cm³/mol. The van der Waals surface area contributed by atoms with E-state index in [1.807, 2.05) is 25.9 Å². The highest BCUT2D eigenvalue weighted by atomic mass is 16.3. The zero-order valence-electron chi connectivity index (χ0n) is 7.52. The van der Waals surface area contributed by atoms with Gasteiger partial charge in [0.2, 0.25) is 0 Å². The van der Waals surface area contributed by atoms with Gasteiger partial charge in [-0.1, -0.05) is 13.3 Å². The first-order chi connectivity index (χ1) is 4.48. The van der Waals surface area contributed by atoms with Crippen LogP contribution in [0.1, 0.15) is 26.7 Å². The number of hydrogen-bond acceptors (Lipinski definition) is 2. The van der Waals surface area contributed by atoms with Crippen LogP contribution in [-0.2, 0) is 0 Å². The number of rotatable bonds is 4.